The number of ether oxygens (including phenoxy) is 1. The van der Waals surface area contributed by atoms with Crippen LogP contribution in [-0.2, 0) is 16.6 Å². The minimum Gasteiger partial charge on any atom is -0.394 e. The SMILES string of the molecule is Cc1cccn2c(=O)c(C=C3SC(=S)N(c4c(C)n(C)n(-c5ccccc5)c4=O)C3=O)c(NCCOCCO)nc12. The average molecular weight is 593 g/mol. The number of carbonyl (C=O) groups is 1. The number of aliphatic hydroxyl groups excluding tert-OH is 1. The van der Waals surface area contributed by atoms with Crippen molar-refractivity contribution < 1.29 is 14.6 Å². The van der Waals surface area contributed by atoms with E-state index in [0.717, 1.165) is 17.3 Å². The summed E-state index contributed by atoms with van der Waals surface area (Å²) in [4.78, 5) is 47.1. The van der Waals surface area contributed by atoms with E-state index >= 15 is 0 Å². The van der Waals surface area contributed by atoms with Crippen LogP contribution in [0.1, 0.15) is 16.8 Å². The van der Waals surface area contributed by atoms with Gasteiger partial charge >= 0.3 is 0 Å². The summed E-state index contributed by atoms with van der Waals surface area (Å²) in [5.41, 5.74) is 2.06. The predicted octanol–water partition coefficient (Wildman–Crippen LogP) is 2.63. The predicted molar refractivity (Wildman–Crippen MR) is 164 cm³/mol. The number of rotatable bonds is 9. The van der Waals surface area contributed by atoms with E-state index in [-0.39, 0.29) is 57.2 Å². The highest BCUT2D eigenvalue weighted by molar-refractivity contribution is 8.27. The second-order valence-electron chi connectivity index (χ2n) is 9.25. The summed E-state index contributed by atoms with van der Waals surface area (Å²) < 4.78 is 10.1. The molecule has 2 N–H and O–H groups in total. The van der Waals surface area contributed by atoms with Crippen molar-refractivity contribution in [2.45, 2.75) is 13.8 Å². The van der Waals surface area contributed by atoms with Crippen LogP contribution in [0.25, 0.3) is 17.4 Å². The first-order valence-electron chi connectivity index (χ1n) is 12.8. The number of nitrogens with one attached hydrogen (secondary N) is 1. The number of fused-ring (bicyclic) bond motifs is 1. The van der Waals surface area contributed by atoms with Crippen molar-refractivity contribution in [3.63, 3.8) is 0 Å². The molecule has 0 aliphatic carbocycles. The van der Waals surface area contributed by atoms with Crippen molar-refractivity contribution in [3.05, 3.63) is 91.1 Å². The molecular weight excluding hydrogens is 564 g/mol. The van der Waals surface area contributed by atoms with Crippen LogP contribution < -0.4 is 21.3 Å². The van der Waals surface area contributed by atoms with E-state index in [4.69, 9.17) is 22.1 Å². The molecule has 4 aromatic rings. The van der Waals surface area contributed by atoms with Gasteiger partial charge in [0.2, 0.25) is 0 Å². The second kappa shape index (κ2) is 11.8. The van der Waals surface area contributed by atoms with Gasteiger partial charge in [0.1, 0.15) is 17.2 Å². The molecule has 212 valence electrons. The molecule has 41 heavy (non-hydrogen) atoms. The molecule has 0 bridgehead atoms. The summed E-state index contributed by atoms with van der Waals surface area (Å²) in [6.45, 7) is 4.29. The summed E-state index contributed by atoms with van der Waals surface area (Å²) in [5, 5.41) is 12.1. The molecular formula is C28H28N6O5S2. The number of amides is 1. The third-order valence-electron chi connectivity index (χ3n) is 6.68. The number of thioether (sulfide) groups is 1. The number of carbonyl (C=O) groups excluding carboxylic acids is 1. The Labute approximate surface area is 244 Å². The lowest BCUT2D eigenvalue weighted by Crippen LogP contribution is -2.33. The highest BCUT2D eigenvalue weighted by Gasteiger charge is 2.38. The Morgan fingerprint density at radius 1 is 1.07 bits per heavy atom. The Morgan fingerprint density at radius 3 is 2.56 bits per heavy atom. The monoisotopic (exact) mass is 592 g/mol. The number of anilines is 2. The highest BCUT2D eigenvalue weighted by atomic mass is 32.2. The third-order valence-corrected chi connectivity index (χ3v) is 7.98. The van der Waals surface area contributed by atoms with Crippen molar-refractivity contribution in [1.82, 2.24) is 18.7 Å². The number of hydrogen-bond donors (Lipinski definition) is 2. The molecule has 1 fully saturated rings. The van der Waals surface area contributed by atoms with Gasteiger partial charge in [-0.25, -0.2) is 9.67 Å². The lowest BCUT2D eigenvalue weighted by atomic mass is 10.2. The van der Waals surface area contributed by atoms with E-state index in [2.05, 4.69) is 10.3 Å². The Hall–Kier alpha value is -4.04. The zero-order valence-electron chi connectivity index (χ0n) is 22.7. The zero-order valence-corrected chi connectivity index (χ0v) is 24.3. The topological polar surface area (TPSA) is 123 Å². The van der Waals surface area contributed by atoms with Gasteiger partial charge in [-0.1, -0.05) is 48.2 Å². The molecule has 0 spiro atoms. The third kappa shape index (κ3) is 5.24. The first-order valence-corrected chi connectivity index (χ1v) is 14.0. The summed E-state index contributed by atoms with van der Waals surface area (Å²) in [6, 6.07) is 12.7. The van der Waals surface area contributed by atoms with Crippen LogP contribution in [-0.4, -0.2) is 60.4 Å². The average Bonchev–Trinajstić information content (AvgIpc) is 3.35. The van der Waals surface area contributed by atoms with Crippen molar-refractivity contribution >= 4 is 57.4 Å². The number of aromatic nitrogens is 4. The fraction of sp³-hybridized carbons (Fsp3) is 0.250. The summed E-state index contributed by atoms with van der Waals surface area (Å²) in [7, 11) is 1.74. The molecule has 0 saturated carbocycles. The molecule has 0 radical (unpaired) electrons. The van der Waals surface area contributed by atoms with Crippen LogP contribution in [0.15, 0.2) is 63.2 Å². The van der Waals surface area contributed by atoms with Crippen LogP contribution in [0.2, 0.25) is 0 Å². The van der Waals surface area contributed by atoms with E-state index in [1.165, 1.54) is 20.1 Å². The first kappa shape index (κ1) is 28.5. The smallest absolute Gasteiger partial charge is 0.296 e. The Balaban J connectivity index is 1.57. The van der Waals surface area contributed by atoms with Gasteiger partial charge in [0.25, 0.3) is 17.0 Å². The largest absolute Gasteiger partial charge is 0.394 e. The normalized spacial score (nSPS) is 14.5. The van der Waals surface area contributed by atoms with Crippen LogP contribution in [0.3, 0.4) is 0 Å². The minimum absolute atomic E-state index is 0.0980. The number of thiocarbonyl (C=S) groups is 1. The second-order valence-corrected chi connectivity index (χ2v) is 10.9. The summed E-state index contributed by atoms with van der Waals surface area (Å²) in [6.07, 6.45) is 3.09. The van der Waals surface area contributed by atoms with Crippen molar-refractivity contribution in [3.8, 4) is 5.69 Å². The number of aliphatic hydroxyl groups is 1. The molecule has 13 heteroatoms. The van der Waals surface area contributed by atoms with Crippen molar-refractivity contribution in [2.75, 3.05) is 36.6 Å². The van der Waals surface area contributed by atoms with E-state index in [0.29, 0.717) is 23.6 Å². The maximum atomic E-state index is 13.8. The molecule has 1 saturated heterocycles. The maximum Gasteiger partial charge on any atom is 0.296 e. The Bertz CT molecular complexity index is 1810. The molecule has 0 unspecified atom stereocenters. The Kier molecular flexibility index (Phi) is 8.22. The van der Waals surface area contributed by atoms with Gasteiger partial charge in [-0.3, -0.25) is 28.4 Å². The molecule has 5 rings (SSSR count). The minimum atomic E-state index is -0.503. The molecule has 0 atom stereocenters. The first-order chi connectivity index (χ1) is 19.7. The number of benzene rings is 1. The molecule has 1 aromatic carbocycles. The standard InChI is InChI=1S/C28H28N6O5S2/c1-17-8-7-12-32-24(17)30-23(29-11-14-39-15-13-35)20(25(32)36)16-21-26(37)33(28(40)41-21)22-18(2)31(3)34(27(22)38)19-9-5-4-6-10-19/h4-10,12,16,29,35H,11,13-15H2,1-3H3. The maximum absolute atomic E-state index is 13.8. The van der Waals surface area contributed by atoms with Crippen LogP contribution >= 0.6 is 24.0 Å². The molecule has 11 nitrogen and oxygen atoms in total. The van der Waals surface area contributed by atoms with Crippen LogP contribution in [0.5, 0.6) is 0 Å². The summed E-state index contributed by atoms with van der Waals surface area (Å²) in [5.74, 6) is -0.221. The van der Waals surface area contributed by atoms with E-state index in [9.17, 15) is 14.4 Å². The van der Waals surface area contributed by atoms with Crippen molar-refractivity contribution in [1.29, 1.82) is 0 Å². The van der Waals surface area contributed by atoms with E-state index < -0.39 is 5.91 Å². The van der Waals surface area contributed by atoms with E-state index in [1.807, 2.05) is 31.2 Å². The van der Waals surface area contributed by atoms with Crippen LogP contribution in [0.4, 0.5) is 11.5 Å². The number of aryl methyl sites for hydroxylation is 1. The fourth-order valence-electron chi connectivity index (χ4n) is 4.59. The molecule has 3 aromatic heterocycles. The molecule has 4 heterocycles. The number of para-hydroxylation sites is 1. The highest BCUT2D eigenvalue weighted by Crippen LogP contribution is 2.36. The molecule has 1 aliphatic heterocycles. The van der Waals surface area contributed by atoms with Crippen molar-refractivity contribution in [2.24, 2.45) is 7.05 Å². The Morgan fingerprint density at radius 2 is 1.83 bits per heavy atom. The zero-order chi connectivity index (χ0) is 29.3. The molecule has 1 amide bonds. The molecule has 1 aliphatic rings. The van der Waals surface area contributed by atoms with Gasteiger partial charge < -0.3 is 15.2 Å². The summed E-state index contributed by atoms with van der Waals surface area (Å²) >= 11 is 6.59. The van der Waals surface area contributed by atoms with Gasteiger partial charge in [-0.15, -0.1) is 0 Å². The van der Waals surface area contributed by atoms with Gasteiger partial charge in [0, 0.05) is 19.8 Å². The lowest BCUT2D eigenvalue weighted by molar-refractivity contribution is -0.113. The number of hydrogen-bond acceptors (Lipinski definition) is 9. The fourth-order valence-corrected chi connectivity index (χ4v) is 5.84. The number of pyridine rings is 1. The lowest BCUT2D eigenvalue weighted by Gasteiger charge is -2.13. The van der Waals surface area contributed by atoms with Gasteiger partial charge in [0.05, 0.1) is 41.7 Å². The van der Waals surface area contributed by atoms with Gasteiger partial charge in [-0.2, -0.15) is 0 Å². The van der Waals surface area contributed by atoms with Crippen LogP contribution in [0, 0.1) is 13.8 Å². The quantitative estimate of drug-likeness (QED) is 0.172. The van der Waals surface area contributed by atoms with E-state index in [1.54, 1.807) is 43.0 Å². The van der Waals surface area contributed by atoms with Gasteiger partial charge in [0.15, 0.2) is 4.32 Å². The van der Waals surface area contributed by atoms with Gasteiger partial charge in [-0.05, 0) is 43.7 Å². The number of nitrogens with zero attached hydrogens (tertiary/aromatic N) is 5.